The summed E-state index contributed by atoms with van der Waals surface area (Å²) in [6.45, 7) is -0.0367. The lowest BCUT2D eigenvalue weighted by Gasteiger charge is -1.93. The van der Waals surface area contributed by atoms with E-state index >= 15 is 0 Å². The van der Waals surface area contributed by atoms with E-state index in [1.54, 1.807) is 0 Å². The third-order valence-electron chi connectivity index (χ3n) is 0.713. The van der Waals surface area contributed by atoms with Crippen LogP contribution in [0.4, 0.5) is 0 Å². The molecule has 76 valence electrons. The maximum Gasteiger partial charge on any atom is 0.129 e. The highest BCUT2D eigenvalue weighted by Gasteiger charge is 1.95. The Kier molecular flexibility index (Phi) is 15.7. The highest BCUT2D eigenvalue weighted by Crippen LogP contribution is 1.96. The lowest BCUT2D eigenvalue weighted by Crippen LogP contribution is -2.04. The van der Waals surface area contributed by atoms with Crippen molar-refractivity contribution >= 4 is 46.4 Å². The van der Waals surface area contributed by atoms with E-state index in [-0.39, 0.29) is 12.0 Å². The van der Waals surface area contributed by atoms with Crippen LogP contribution < -0.4 is 0 Å². The van der Waals surface area contributed by atoms with E-state index in [1.165, 1.54) is 0 Å². The fourth-order valence-electron chi connectivity index (χ4n) is 0.139. The second kappa shape index (κ2) is 12.1. The van der Waals surface area contributed by atoms with E-state index in [0.29, 0.717) is 18.2 Å². The molecular weight excluding hydrogens is 246 g/mol. The highest BCUT2D eigenvalue weighted by atomic mass is 35.5. The van der Waals surface area contributed by atoms with Crippen molar-refractivity contribution in [2.75, 3.05) is 18.4 Å². The van der Waals surface area contributed by atoms with Crippen LogP contribution in [0.3, 0.4) is 0 Å². The first-order valence-electron chi connectivity index (χ1n) is 3.27. The molecule has 0 spiro atoms. The number of alkyl halides is 4. The van der Waals surface area contributed by atoms with Crippen LogP contribution in [0.2, 0.25) is 0 Å². The van der Waals surface area contributed by atoms with E-state index in [2.05, 4.69) is 0 Å². The van der Waals surface area contributed by atoms with Crippen LogP contribution in [-0.2, 0) is 0 Å². The summed E-state index contributed by atoms with van der Waals surface area (Å²) < 4.78 is 0. The molecule has 0 aliphatic heterocycles. The van der Waals surface area contributed by atoms with E-state index < -0.39 is 5.56 Å². The Bertz CT molecular complexity index is 77.9. The van der Waals surface area contributed by atoms with Gasteiger partial charge < -0.3 is 10.2 Å². The van der Waals surface area contributed by atoms with Gasteiger partial charge in [-0.3, -0.25) is 0 Å². The van der Waals surface area contributed by atoms with E-state index in [9.17, 15) is 0 Å². The number of hydrogen-bond acceptors (Lipinski definition) is 2. The Morgan fingerprint density at radius 3 is 1.67 bits per heavy atom. The Morgan fingerprint density at radius 1 is 1.17 bits per heavy atom. The van der Waals surface area contributed by atoms with Gasteiger partial charge in [-0.2, -0.15) is 0 Å². The lowest BCUT2D eigenvalue weighted by molar-refractivity contribution is 0.253. The molecule has 0 bridgehead atoms. The first-order valence-corrected chi connectivity index (χ1v) is 5.21. The average molecular weight is 258 g/mol. The normalized spacial score (nSPS) is 14.5. The van der Waals surface area contributed by atoms with Gasteiger partial charge in [-0.05, 0) is 0 Å². The third-order valence-corrected chi connectivity index (χ3v) is 1.97. The summed E-state index contributed by atoms with van der Waals surface area (Å²) in [5, 5.41) is 16.1. The summed E-state index contributed by atoms with van der Waals surface area (Å²) >= 11 is 20.6. The molecule has 0 aliphatic carbocycles. The van der Waals surface area contributed by atoms with Crippen molar-refractivity contribution in [1.29, 1.82) is 0 Å². The van der Waals surface area contributed by atoms with Crippen molar-refractivity contribution in [3.8, 4) is 0 Å². The number of rotatable bonds is 4. The molecule has 0 aliphatic rings. The van der Waals surface area contributed by atoms with Crippen LogP contribution in [0.5, 0.6) is 0 Å². The summed E-state index contributed by atoms with van der Waals surface area (Å²) in [7, 11) is 0. The van der Waals surface area contributed by atoms with Gasteiger partial charge in [-0.1, -0.05) is 11.6 Å². The summed E-state index contributed by atoms with van der Waals surface area (Å²) in [5.41, 5.74) is -0.762. The second-order valence-electron chi connectivity index (χ2n) is 1.85. The molecule has 0 radical (unpaired) electrons. The fraction of sp³-hybridized carbons (Fsp3) is 1.00. The Labute approximate surface area is 92.4 Å². The van der Waals surface area contributed by atoms with Crippen LogP contribution in [-0.4, -0.2) is 39.5 Å². The van der Waals surface area contributed by atoms with Crippen LogP contribution in [0.1, 0.15) is 6.42 Å². The molecule has 0 fully saturated rings. The number of hydrogen-bond donors (Lipinski definition) is 2. The van der Waals surface area contributed by atoms with E-state index in [0.717, 1.165) is 0 Å². The predicted molar refractivity (Wildman–Crippen MR) is 54.6 cm³/mol. The summed E-state index contributed by atoms with van der Waals surface area (Å²) in [4.78, 5) is 0. The second-order valence-corrected chi connectivity index (χ2v) is 3.65. The van der Waals surface area contributed by atoms with Gasteiger partial charge in [0.05, 0.1) is 12.0 Å². The van der Waals surface area contributed by atoms with Crippen molar-refractivity contribution in [3.05, 3.63) is 0 Å². The van der Waals surface area contributed by atoms with E-state index in [1.807, 2.05) is 0 Å². The summed E-state index contributed by atoms with van der Waals surface area (Å²) in [6.07, 6.45) is 0.461. The fourth-order valence-corrected chi connectivity index (χ4v) is 0.664. The minimum atomic E-state index is -0.762. The summed E-state index contributed by atoms with van der Waals surface area (Å²) in [6, 6.07) is 0. The van der Waals surface area contributed by atoms with Crippen molar-refractivity contribution in [1.82, 2.24) is 0 Å². The zero-order chi connectivity index (χ0) is 9.98. The topological polar surface area (TPSA) is 40.5 Å². The monoisotopic (exact) mass is 256 g/mol. The molecule has 0 saturated carbocycles. The predicted octanol–water partition coefficient (Wildman–Crippen LogP) is 2.00. The first kappa shape index (κ1) is 15.5. The minimum Gasteiger partial charge on any atom is -0.395 e. The zero-order valence-corrected chi connectivity index (χ0v) is 9.41. The van der Waals surface area contributed by atoms with Gasteiger partial charge in [0.2, 0.25) is 0 Å². The van der Waals surface area contributed by atoms with Crippen LogP contribution in [0, 0.1) is 0 Å². The molecule has 6 heteroatoms. The summed E-state index contributed by atoms with van der Waals surface area (Å²) in [5.74, 6) is 0.739. The van der Waals surface area contributed by atoms with Crippen molar-refractivity contribution < 1.29 is 10.2 Å². The molecule has 0 amide bonds. The maximum atomic E-state index is 8.23. The Balaban J connectivity index is 0. The van der Waals surface area contributed by atoms with Gasteiger partial charge in [0.25, 0.3) is 0 Å². The molecule has 0 rings (SSSR count). The SMILES string of the molecule is OC(Cl)CCCl.OCC(Cl)CCl. The van der Waals surface area contributed by atoms with Crippen molar-refractivity contribution in [3.63, 3.8) is 0 Å². The van der Waals surface area contributed by atoms with Gasteiger partial charge in [-0.15, -0.1) is 34.8 Å². The highest BCUT2D eigenvalue weighted by molar-refractivity contribution is 6.28. The molecule has 2 unspecified atom stereocenters. The maximum absolute atomic E-state index is 8.23. The van der Waals surface area contributed by atoms with E-state index in [4.69, 9.17) is 56.6 Å². The average Bonchev–Trinajstić information content (AvgIpc) is 2.04. The van der Waals surface area contributed by atoms with Gasteiger partial charge in [0, 0.05) is 18.2 Å². The molecule has 0 aromatic carbocycles. The largest absolute Gasteiger partial charge is 0.395 e. The van der Waals surface area contributed by atoms with Gasteiger partial charge in [0.15, 0.2) is 0 Å². The van der Waals surface area contributed by atoms with Crippen LogP contribution >= 0.6 is 46.4 Å². The van der Waals surface area contributed by atoms with Crippen molar-refractivity contribution in [2.45, 2.75) is 17.4 Å². The standard InChI is InChI=1S/2C3H6Cl2O/c4-1-3(5)2-6;4-2-1-3(5)6/h2*3,6H,1-2H2. The molecule has 2 nitrogen and oxygen atoms in total. The van der Waals surface area contributed by atoms with Gasteiger partial charge in [-0.25, -0.2) is 0 Å². The molecular formula is C6H12Cl4O2. The quantitative estimate of drug-likeness (QED) is 0.757. The molecule has 12 heavy (non-hydrogen) atoms. The van der Waals surface area contributed by atoms with Crippen molar-refractivity contribution in [2.24, 2.45) is 0 Å². The Hall–Kier alpha value is 1.08. The van der Waals surface area contributed by atoms with Crippen LogP contribution in [0.25, 0.3) is 0 Å². The number of aliphatic hydroxyl groups is 2. The molecule has 0 saturated heterocycles. The molecule has 0 aromatic rings. The molecule has 0 heterocycles. The number of halogens is 4. The smallest absolute Gasteiger partial charge is 0.129 e. The van der Waals surface area contributed by atoms with Gasteiger partial charge in [0.1, 0.15) is 5.56 Å². The Morgan fingerprint density at radius 2 is 1.67 bits per heavy atom. The molecule has 2 atom stereocenters. The molecule has 2 N–H and O–H groups in total. The molecule has 0 aromatic heterocycles. The van der Waals surface area contributed by atoms with Crippen LogP contribution in [0.15, 0.2) is 0 Å². The van der Waals surface area contributed by atoms with Gasteiger partial charge >= 0.3 is 0 Å². The first-order chi connectivity index (χ1) is 5.58. The zero-order valence-electron chi connectivity index (χ0n) is 6.39. The third kappa shape index (κ3) is 17.2. The minimum absolute atomic E-state index is 0.0367. The lowest BCUT2D eigenvalue weighted by atomic mass is 10.5. The number of aliphatic hydroxyl groups excluding tert-OH is 2.